The first kappa shape index (κ1) is 24.5. The van der Waals surface area contributed by atoms with Crippen LogP contribution in [0, 0.1) is 17.6 Å². The van der Waals surface area contributed by atoms with Gasteiger partial charge in [-0.05, 0) is 82.3 Å². The predicted molar refractivity (Wildman–Crippen MR) is 129 cm³/mol. The van der Waals surface area contributed by atoms with Crippen LogP contribution in [0.4, 0.5) is 13.6 Å². The zero-order valence-electron chi connectivity index (χ0n) is 20.1. The van der Waals surface area contributed by atoms with Crippen molar-refractivity contribution in [2.45, 2.75) is 64.8 Å². The Morgan fingerprint density at radius 2 is 1.94 bits per heavy atom. The number of carbonyl (C=O) groups is 1. The van der Waals surface area contributed by atoms with Crippen LogP contribution in [0.5, 0.6) is 5.75 Å². The van der Waals surface area contributed by atoms with Crippen molar-refractivity contribution in [1.82, 2.24) is 15.1 Å². The lowest BCUT2D eigenvalue weighted by molar-refractivity contribution is 0.122. The summed E-state index contributed by atoms with van der Waals surface area (Å²) in [6.07, 6.45) is 4.65. The van der Waals surface area contributed by atoms with Gasteiger partial charge in [0.15, 0.2) is 0 Å². The number of fused-ring (bicyclic) bond motifs is 1. The Bertz CT molecular complexity index is 967. The average molecular weight is 472 g/mol. The van der Waals surface area contributed by atoms with Crippen LogP contribution in [-0.4, -0.2) is 47.6 Å². The number of nitrogens with one attached hydrogen (secondary N) is 1. The molecule has 2 aliphatic rings. The van der Waals surface area contributed by atoms with Gasteiger partial charge in [0.2, 0.25) is 0 Å². The molecule has 2 atom stereocenters. The lowest BCUT2D eigenvalue weighted by Gasteiger charge is -2.37. The highest BCUT2D eigenvalue weighted by atomic mass is 19.1. The summed E-state index contributed by atoms with van der Waals surface area (Å²) in [5.74, 6) is -0.0716. The standard InChI is InChI=1S/C27H35F2N3O2/c1-19(2)34-25-9-5-20(6-10-25)16-30-27(33)32(18-22-7-8-23(28)15-26(22)29)17-21-11-13-31-12-3-4-24(31)14-21/h5-10,15,19,21,24H,3-4,11-14,16-18H2,1-2H3,(H,30,33)/t21-,24+/m1/s1. The average Bonchev–Trinajstić information content (AvgIpc) is 3.27. The Morgan fingerprint density at radius 1 is 1.15 bits per heavy atom. The van der Waals surface area contributed by atoms with Crippen LogP contribution in [0.25, 0.3) is 0 Å². The molecule has 0 saturated carbocycles. The first-order chi connectivity index (χ1) is 16.4. The van der Waals surface area contributed by atoms with Gasteiger partial charge >= 0.3 is 6.03 Å². The first-order valence-corrected chi connectivity index (χ1v) is 12.3. The monoisotopic (exact) mass is 471 g/mol. The fraction of sp³-hybridized carbons (Fsp3) is 0.519. The van der Waals surface area contributed by atoms with Gasteiger partial charge in [-0.3, -0.25) is 0 Å². The van der Waals surface area contributed by atoms with E-state index < -0.39 is 11.6 Å². The van der Waals surface area contributed by atoms with Crippen molar-refractivity contribution in [1.29, 1.82) is 0 Å². The molecule has 2 amide bonds. The quantitative estimate of drug-likeness (QED) is 0.565. The molecule has 2 saturated heterocycles. The van der Waals surface area contributed by atoms with Gasteiger partial charge in [-0.2, -0.15) is 0 Å². The van der Waals surface area contributed by atoms with Crippen LogP contribution in [-0.2, 0) is 13.1 Å². The molecule has 0 spiro atoms. The Kier molecular flexibility index (Phi) is 8.03. The summed E-state index contributed by atoms with van der Waals surface area (Å²) in [6, 6.07) is 11.5. The Morgan fingerprint density at radius 3 is 2.68 bits per heavy atom. The van der Waals surface area contributed by atoms with Crippen LogP contribution >= 0.6 is 0 Å². The van der Waals surface area contributed by atoms with E-state index in [0.717, 1.165) is 36.8 Å². The van der Waals surface area contributed by atoms with Crippen molar-refractivity contribution in [2.24, 2.45) is 5.92 Å². The van der Waals surface area contributed by atoms with E-state index >= 15 is 0 Å². The van der Waals surface area contributed by atoms with Gasteiger partial charge in [-0.1, -0.05) is 18.2 Å². The largest absolute Gasteiger partial charge is 0.491 e. The number of hydrogen-bond acceptors (Lipinski definition) is 3. The van der Waals surface area contributed by atoms with Gasteiger partial charge in [0, 0.05) is 30.8 Å². The SMILES string of the molecule is CC(C)Oc1ccc(CNC(=O)N(Cc2ccc(F)cc2F)C[C@@H]2CCN3CCC[C@H]3C2)cc1. The number of benzene rings is 2. The van der Waals surface area contributed by atoms with E-state index in [-0.39, 0.29) is 18.7 Å². The fourth-order valence-electron chi connectivity index (χ4n) is 5.11. The number of carbonyl (C=O) groups excluding carboxylic acids is 1. The molecular weight excluding hydrogens is 436 g/mol. The molecule has 2 heterocycles. The van der Waals surface area contributed by atoms with E-state index in [4.69, 9.17) is 4.74 Å². The van der Waals surface area contributed by atoms with E-state index in [9.17, 15) is 13.6 Å². The maximum absolute atomic E-state index is 14.4. The summed E-state index contributed by atoms with van der Waals surface area (Å²) in [5, 5.41) is 2.99. The molecule has 0 aromatic heterocycles. The lowest BCUT2D eigenvalue weighted by atomic mass is 9.90. The second-order valence-electron chi connectivity index (χ2n) is 9.81. The minimum Gasteiger partial charge on any atom is -0.491 e. The highest BCUT2D eigenvalue weighted by molar-refractivity contribution is 5.74. The molecule has 0 radical (unpaired) electrons. The van der Waals surface area contributed by atoms with Gasteiger partial charge in [0.25, 0.3) is 0 Å². The number of piperidine rings is 1. The molecule has 7 heteroatoms. The topological polar surface area (TPSA) is 44.8 Å². The fourth-order valence-corrected chi connectivity index (χ4v) is 5.11. The van der Waals surface area contributed by atoms with Crippen molar-refractivity contribution in [3.8, 4) is 5.75 Å². The molecule has 5 nitrogen and oxygen atoms in total. The number of hydrogen-bond donors (Lipinski definition) is 1. The summed E-state index contributed by atoms with van der Waals surface area (Å²) < 4.78 is 33.5. The molecule has 0 bridgehead atoms. The molecule has 0 aliphatic carbocycles. The maximum Gasteiger partial charge on any atom is 0.317 e. The van der Waals surface area contributed by atoms with Crippen LogP contribution in [0.3, 0.4) is 0 Å². The lowest BCUT2D eigenvalue weighted by Crippen LogP contribution is -2.45. The highest BCUT2D eigenvalue weighted by Crippen LogP contribution is 2.31. The minimum absolute atomic E-state index is 0.0991. The molecule has 2 aliphatic heterocycles. The number of halogens is 2. The number of ether oxygens (including phenoxy) is 1. The summed E-state index contributed by atoms with van der Waals surface area (Å²) in [4.78, 5) is 17.4. The van der Waals surface area contributed by atoms with Crippen molar-refractivity contribution < 1.29 is 18.3 Å². The van der Waals surface area contributed by atoms with E-state index in [1.807, 2.05) is 38.1 Å². The number of rotatable bonds is 8. The summed E-state index contributed by atoms with van der Waals surface area (Å²) >= 11 is 0. The predicted octanol–water partition coefficient (Wildman–Crippen LogP) is 5.34. The molecule has 4 rings (SSSR count). The highest BCUT2D eigenvalue weighted by Gasteiger charge is 2.33. The van der Waals surface area contributed by atoms with Crippen LogP contribution in [0.15, 0.2) is 42.5 Å². The smallest absolute Gasteiger partial charge is 0.317 e. The third-order valence-electron chi connectivity index (χ3n) is 6.81. The second-order valence-corrected chi connectivity index (χ2v) is 9.81. The number of nitrogens with zero attached hydrogens (tertiary/aromatic N) is 2. The molecule has 2 aromatic rings. The van der Waals surface area contributed by atoms with E-state index in [1.165, 1.54) is 31.5 Å². The third kappa shape index (κ3) is 6.47. The van der Waals surface area contributed by atoms with Gasteiger partial charge in [-0.15, -0.1) is 0 Å². The normalized spacial score (nSPS) is 20.3. The number of urea groups is 1. The van der Waals surface area contributed by atoms with E-state index in [0.29, 0.717) is 30.6 Å². The van der Waals surface area contributed by atoms with Gasteiger partial charge in [0.05, 0.1) is 12.6 Å². The van der Waals surface area contributed by atoms with Gasteiger partial charge < -0.3 is 19.9 Å². The molecule has 0 unspecified atom stereocenters. The summed E-state index contributed by atoms with van der Waals surface area (Å²) in [7, 11) is 0. The maximum atomic E-state index is 14.4. The molecule has 184 valence electrons. The molecule has 1 N–H and O–H groups in total. The zero-order valence-corrected chi connectivity index (χ0v) is 20.1. The third-order valence-corrected chi connectivity index (χ3v) is 6.81. The Labute approximate surface area is 201 Å². The van der Waals surface area contributed by atoms with Gasteiger partial charge in [0.1, 0.15) is 17.4 Å². The van der Waals surface area contributed by atoms with E-state index in [2.05, 4.69) is 10.2 Å². The van der Waals surface area contributed by atoms with Gasteiger partial charge in [-0.25, -0.2) is 13.6 Å². The molecular formula is C27H35F2N3O2. The van der Waals surface area contributed by atoms with Crippen LogP contribution in [0.1, 0.15) is 50.7 Å². The number of amides is 2. The van der Waals surface area contributed by atoms with E-state index in [1.54, 1.807) is 4.90 Å². The van der Waals surface area contributed by atoms with Crippen molar-refractivity contribution in [3.05, 3.63) is 65.2 Å². The molecule has 2 fully saturated rings. The molecule has 2 aromatic carbocycles. The molecule has 34 heavy (non-hydrogen) atoms. The Balaban J connectivity index is 1.41. The van der Waals surface area contributed by atoms with Crippen LogP contribution < -0.4 is 10.1 Å². The zero-order chi connectivity index (χ0) is 24.1. The van der Waals surface area contributed by atoms with Crippen LogP contribution in [0.2, 0.25) is 0 Å². The van der Waals surface area contributed by atoms with Crippen molar-refractivity contribution in [3.63, 3.8) is 0 Å². The Hall–Kier alpha value is -2.67. The minimum atomic E-state index is -0.621. The van der Waals surface area contributed by atoms with Crippen molar-refractivity contribution in [2.75, 3.05) is 19.6 Å². The first-order valence-electron chi connectivity index (χ1n) is 12.3. The summed E-state index contributed by atoms with van der Waals surface area (Å²) in [6.45, 7) is 7.22. The van der Waals surface area contributed by atoms with Crippen molar-refractivity contribution >= 4 is 6.03 Å². The summed E-state index contributed by atoms with van der Waals surface area (Å²) in [5.41, 5.74) is 1.28. The second kappa shape index (κ2) is 11.2.